The molecule has 0 bridgehead atoms. The number of nitrogens with one attached hydrogen (secondary N) is 1. The van der Waals surface area contributed by atoms with Crippen LogP contribution in [0, 0.1) is 6.92 Å². The van der Waals surface area contributed by atoms with Crippen molar-refractivity contribution in [3.8, 4) is 11.4 Å². The fourth-order valence-corrected chi connectivity index (χ4v) is 2.36. The van der Waals surface area contributed by atoms with Gasteiger partial charge in [-0.3, -0.25) is 4.79 Å². The highest BCUT2D eigenvalue weighted by molar-refractivity contribution is 5.78. The van der Waals surface area contributed by atoms with Crippen LogP contribution in [0.1, 0.15) is 5.56 Å². The van der Waals surface area contributed by atoms with Crippen molar-refractivity contribution in [1.82, 2.24) is 9.55 Å². The second kappa shape index (κ2) is 4.94. The van der Waals surface area contributed by atoms with Crippen LogP contribution in [0.3, 0.4) is 0 Å². The monoisotopic (exact) mass is 282 g/mol. The topological polar surface area (TPSA) is 64.1 Å². The minimum absolute atomic E-state index is 0.359. The van der Waals surface area contributed by atoms with E-state index in [0.29, 0.717) is 22.3 Å². The Kier molecular flexibility index (Phi) is 3.10. The van der Waals surface area contributed by atoms with E-state index in [-0.39, 0.29) is 5.56 Å². The van der Waals surface area contributed by atoms with Gasteiger partial charge in [0.05, 0.1) is 23.7 Å². The van der Waals surface area contributed by atoms with E-state index in [0.717, 1.165) is 10.1 Å². The van der Waals surface area contributed by atoms with Gasteiger partial charge in [0.25, 0.3) is 5.56 Å². The van der Waals surface area contributed by atoms with Crippen LogP contribution in [0.4, 0.5) is 0 Å². The molecular formula is C16H14N2O3. The van der Waals surface area contributed by atoms with Gasteiger partial charge in [0.15, 0.2) is 0 Å². The number of rotatable bonds is 2. The zero-order chi connectivity index (χ0) is 15.0. The lowest BCUT2D eigenvalue weighted by Gasteiger charge is -2.10. The highest BCUT2D eigenvalue weighted by Gasteiger charge is 2.12. The van der Waals surface area contributed by atoms with E-state index >= 15 is 0 Å². The zero-order valence-corrected chi connectivity index (χ0v) is 11.7. The van der Waals surface area contributed by atoms with Crippen molar-refractivity contribution in [2.45, 2.75) is 6.92 Å². The second-order valence-corrected chi connectivity index (χ2v) is 4.79. The number of aromatic nitrogens is 2. The van der Waals surface area contributed by atoms with Crippen LogP contribution < -0.4 is 16.0 Å². The lowest BCUT2D eigenvalue weighted by molar-refractivity contribution is 0.412. The first-order valence-electron chi connectivity index (χ1n) is 6.51. The molecule has 106 valence electrons. The van der Waals surface area contributed by atoms with Crippen molar-refractivity contribution in [2.24, 2.45) is 0 Å². The standard InChI is InChI=1S/C16H14N2O3/c1-10-7-8-12-11(9-10)15(19)18(16(20)17-12)13-5-3-4-6-14(13)21-2/h3-9H,1-2H3,(H,17,20). The van der Waals surface area contributed by atoms with Gasteiger partial charge in [-0.1, -0.05) is 23.8 Å². The summed E-state index contributed by atoms with van der Waals surface area (Å²) in [4.78, 5) is 27.6. The minimum Gasteiger partial charge on any atom is -0.495 e. The zero-order valence-electron chi connectivity index (χ0n) is 11.7. The van der Waals surface area contributed by atoms with Crippen molar-refractivity contribution in [1.29, 1.82) is 0 Å². The Morgan fingerprint density at radius 1 is 1.10 bits per heavy atom. The van der Waals surface area contributed by atoms with Crippen LogP contribution in [-0.2, 0) is 0 Å². The van der Waals surface area contributed by atoms with E-state index in [1.54, 1.807) is 36.4 Å². The van der Waals surface area contributed by atoms with Crippen molar-refractivity contribution in [3.63, 3.8) is 0 Å². The van der Waals surface area contributed by atoms with Gasteiger partial charge in [0, 0.05) is 0 Å². The Morgan fingerprint density at radius 2 is 1.86 bits per heavy atom. The average molecular weight is 282 g/mol. The van der Waals surface area contributed by atoms with Crippen LogP contribution in [0.5, 0.6) is 5.75 Å². The predicted molar refractivity (Wildman–Crippen MR) is 81.5 cm³/mol. The number of para-hydroxylation sites is 2. The van der Waals surface area contributed by atoms with E-state index in [1.165, 1.54) is 7.11 Å². The van der Waals surface area contributed by atoms with E-state index in [1.807, 2.05) is 13.0 Å². The molecular weight excluding hydrogens is 268 g/mol. The van der Waals surface area contributed by atoms with Gasteiger partial charge in [0.1, 0.15) is 5.75 Å². The maximum absolute atomic E-state index is 12.7. The summed E-state index contributed by atoms with van der Waals surface area (Å²) in [5.41, 5.74) is 1.07. The first kappa shape index (κ1) is 13.2. The van der Waals surface area contributed by atoms with Gasteiger partial charge in [0.2, 0.25) is 0 Å². The molecule has 1 aromatic heterocycles. The Labute approximate surface area is 120 Å². The third kappa shape index (κ3) is 2.12. The molecule has 5 heteroatoms. The molecule has 1 N–H and O–H groups in total. The lowest BCUT2D eigenvalue weighted by Crippen LogP contribution is -2.33. The van der Waals surface area contributed by atoms with E-state index in [4.69, 9.17) is 4.74 Å². The molecule has 21 heavy (non-hydrogen) atoms. The van der Waals surface area contributed by atoms with E-state index in [2.05, 4.69) is 4.98 Å². The molecule has 0 atom stereocenters. The van der Waals surface area contributed by atoms with Crippen molar-refractivity contribution in [2.75, 3.05) is 7.11 Å². The summed E-state index contributed by atoms with van der Waals surface area (Å²) in [6.07, 6.45) is 0. The Morgan fingerprint density at radius 3 is 2.62 bits per heavy atom. The molecule has 0 aliphatic heterocycles. The molecule has 0 saturated heterocycles. The molecule has 3 rings (SSSR count). The number of hydrogen-bond donors (Lipinski definition) is 1. The quantitative estimate of drug-likeness (QED) is 0.782. The summed E-state index contributed by atoms with van der Waals surface area (Å²) in [5.74, 6) is 0.470. The SMILES string of the molecule is COc1ccccc1-n1c(=O)[nH]c2ccc(C)cc2c1=O. The summed E-state index contributed by atoms with van der Waals surface area (Å²) >= 11 is 0. The molecule has 0 radical (unpaired) electrons. The van der Waals surface area contributed by atoms with Gasteiger partial charge in [-0.25, -0.2) is 9.36 Å². The Hall–Kier alpha value is -2.82. The Bertz CT molecular complexity index is 938. The van der Waals surface area contributed by atoms with Gasteiger partial charge >= 0.3 is 5.69 Å². The fourth-order valence-electron chi connectivity index (χ4n) is 2.36. The predicted octanol–water partition coefficient (Wildman–Crippen LogP) is 2.00. The number of methoxy groups -OCH3 is 1. The van der Waals surface area contributed by atoms with Crippen LogP contribution in [0.2, 0.25) is 0 Å². The van der Waals surface area contributed by atoms with Crippen LogP contribution >= 0.6 is 0 Å². The number of nitrogens with zero attached hydrogens (tertiary/aromatic N) is 1. The number of H-pyrrole nitrogens is 1. The van der Waals surface area contributed by atoms with Gasteiger partial charge in [-0.2, -0.15) is 0 Å². The number of fused-ring (bicyclic) bond motifs is 1. The van der Waals surface area contributed by atoms with Gasteiger partial charge in [-0.05, 0) is 31.2 Å². The molecule has 3 aromatic rings. The average Bonchev–Trinajstić information content (AvgIpc) is 2.49. The molecule has 0 spiro atoms. The molecule has 0 unspecified atom stereocenters. The highest BCUT2D eigenvalue weighted by atomic mass is 16.5. The van der Waals surface area contributed by atoms with Crippen molar-refractivity contribution >= 4 is 10.9 Å². The maximum atomic E-state index is 12.7. The largest absolute Gasteiger partial charge is 0.495 e. The van der Waals surface area contributed by atoms with E-state index in [9.17, 15) is 9.59 Å². The highest BCUT2D eigenvalue weighted by Crippen LogP contribution is 2.19. The maximum Gasteiger partial charge on any atom is 0.333 e. The van der Waals surface area contributed by atoms with Crippen molar-refractivity contribution < 1.29 is 4.74 Å². The number of benzene rings is 2. The lowest BCUT2D eigenvalue weighted by atomic mass is 10.1. The molecule has 0 fully saturated rings. The number of aromatic amines is 1. The molecule has 2 aromatic carbocycles. The normalized spacial score (nSPS) is 10.8. The van der Waals surface area contributed by atoms with Gasteiger partial charge in [-0.15, -0.1) is 0 Å². The third-order valence-corrected chi connectivity index (χ3v) is 3.38. The van der Waals surface area contributed by atoms with E-state index < -0.39 is 5.69 Å². The molecule has 0 aliphatic carbocycles. The van der Waals surface area contributed by atoms with Crippen LogP contribution in [-0.4, -0.2) is 16.7 Å². The molecule has 1 heterocycles. The second-order valence-electron chi connectivity index (χ2n) is 4.79. The summed E-state index contributed by atoms with van der Waals surface area (Å²) in [7, 11) is 1.50. The third-order valence-electron chi connectivity index (χ3n) is 3.38. The Balaban J connectivity index is 2.43. The van der Waals surface area contributed by atoms with Crippen molar-refractivity contribution in [3.05, 3.63) is 68.9 Å². The van der Waals surface area contributed by atoms with Crippen LogP contribution in [0.25, 0.3) is 16.6 Å². The molecule has 0 saturated carbocycles. The summed E-state index contributed by atoms with van der Waals surface area (Å²) in [6, 6.07) is 12.3. The number of aryl methyl sites for hydroxylation is 1. The minimum atomic E-state index is -0.485. The van der Waals surface area contributed by atoms with Gasteiger partial charge < -0.3 is 9.72 Å². The summed E-state index contributed by atoms with van der Waals surface area (Å²) in [5, 5.41) is 0.473. The number of ether oxygens (including phenoxy) is 1. The fraction of sp³-hybridized carbons (Fsp3) is 0.125. The summed E-state index contributed by atoms with van der Waals surface area (Å²) < 4.78 is 6.33. The summed E-state index contributed by atoms with van der Waals surface area (Å²) in [6.45, 7) is 1.90. The first-order chi connectivity index (χ1) is 10.1. The number of hydrogen-bond acceptors (Lipinski definition) is 3. The molecule has 5 nitrogen and oxygen atoms in total. The first-order valence-corrected chi connectivity index (χ1v) is 6.51. The van der Waals surface area contributed by atoms with Crippen LogP contribution in [0.15, 0.2) is 52.1 Å². The smallest absolute Gasteiger partial charge is 0.333 e. The molecule has 0 amide bonds. The molecule has 0 aliphatic rings.